The summed E-state index contributed by atoms with van der Waals surface area (Å²) in [6.07, 6.45) is 0. The molecule has 0 radical (unpaired) electrons. The van der Waals surface area contributed by atoms with Crippen molar-refractivity contribution in [3.05, 3.63) is 31.2 Å². The molecule has 0 aliphatic heterocycles. The van der Waals surface area contributed by atoms with E-state index in [1.807, 2.05) is 6.92 Å². The second kappa shape index (κ2) is 6.41. The molecule has 1 N–H and O–H groups in total. The monoisotopic (exact) mass is 367 g/mol. The summed E-state index contributed by atoms with van der Waals surface area (Å²) in [4.78, 5) is 0. The second-order valence-corrected chi connectivity index (χ2v) is 6.53. The zero-order valence-corrected chi connectivity index (χ0v) is 14.0. The van der Waals surface area contributed by atoms with Gasteiger partial charge in [0.1, 0.15) is 5.69 Å². The molecule has 0 saturated heterocycles. The van der Waals surface area contributed by atoms with Gasteiger partial charge in [0.2, 0.25) is 10.9 Å². The summed E-state index contributed by atoms with van der Waals surface area (Å²) in [5, 5.41) is 19.1. The van der Waals surface area contributed by atoms with Gasteiger partial charge in [0.05, 0.1) is 10.0 Å². The minimum absolute atomic E-state index is 0.0209. The maximum atomic E-state index is 9.94. The lowest BCUT2D eigenvalue weighted by atomic mass is 10.3. The van der Waals surface area contributed by atoms with E-state index >= 15 is 0 Å². The molecule has 0 aliphatic rings. The molecule has 0 spiro atoms. The van der Waals surface area contributed by atoms with Gasteiger partial charge in [-0.15, -0.1) is 10.2 Å². The number of hydrogen-bond donors (Lipinski definition) is 1. The molecule has 0 fully saturated rings. The van der Waals surface area contributed by atoms with E-state index in [1.165, 1.54) is 12.1 Å². The molecule has 2 rings (SSSR count). The Morgan fingerprint density at radius 3 is 2.35 bits per heavy atom. The van der Waals surface area contributed by atoms with Crippen LogP contribution in [-0.2, 0) is 6.54 Å². The number of hydrogen-bond acceptors (Lipinski definition) is 5. The Balaban J connectivity index is 2.43. The van der Waals surface area contributed by atoms with Gasteiger partial charge >= 0.3 is 0 Å². The van der Waals surface area contributed by atoms with Crippen molar-refractivity contribution in [1.82, 2.24) is 4.57 Å². The topological polar surface area (TPSA) is 49.9 Å². The number of azo groups is 1. The van der Waals surface area contributed by atoms with Crippen LogP contribution in [0.3, 0.4) is 0 Å². The van der Waals surface area contributed by atoms with Crippen molar-refractivity contribution >= 4 is 69.0 Å². The lowest BCUT2D eigenvalue weighted by Crippen LogP contribution is -1.90. The first-order valence-corrected chi connectivity index (χ1v) is 7.78. The van der Waals surface area contributed by atoms with Crippen molar-refractivity contribution in [2.45, 2.75) is 13.5 Å². The number of nitrogens with zero attached hydrogens (tertiary/aromatic N) is 3. The minimum Gasteiger partial charge on any atom is -0.492 e. The number of rotatable bonds is 3. The Morgan fingerprint density at radius 1 is 1.25 bits per heavy atom. The summed E-state index contributed by atoms with van der Waals surface area (Å²) < 4.78 is 2.08. The summed E-state index contributed by atoms with van der Waals surface area (Å²) in [6, 6.07) is 3.03. The lowest BCUT2D eigenvalue weighted by Gasteiger charge is -2.01. The molecule has 0 unspecified atom stereocenters. The van der Waals surface area contributed by atoms with Gasteiger partial charge in [-0.05, 0) is 31.3 Å². The van der Waals surface area contributed by atoms with Gasteiger partial charge in [-0.2, -0.15) is 0 Å². The Labute approximate surface area is 139 Å². The van der Waals surface area contributed by atoms with Crippen LogP contribution in [0.2, 0.25) is 15.1 Å². The average molecular weight is 369 g/mol. The third kappa shape index (κ3) is 3.15. The van der Waals surface area contributed by atoms with Crippen LogP contribution in [0, 0.1) is 3.95 Å². The van der Waals surface area contributed by atoms with E-state index in [0.29, 0.717) is 26.2 Å². The first-order valence-electron chi connectivity index (χ1n) is 5.43. The maximum Gasteiger partial charge on any atom is 0.232 e. The van der Waals surface area contributed by atoms with Crippen LogP contribution in [0.5, 0.6) is 5.88 Å². The quantitative estimate of drug-likeness (QED) is 0.504. The molecule has 0 bridgehead atoms. The van der Waals surface area contributed by atoms with Crippen LogP contribution < -0.4 is 0 Å². The zero-order chi connectivity index (χ0) is 14.9. The van der Waals surface area contributed by atoms with Crippen LogP contribution in [-0.4, -0.2) is 9.67 Å². The Kier molecular flexibility index (Phi) is 5.04. The summed E-state index contributed by atoms with van der Waals surface area (Å²) in [6.45, 7) is 2.43. The van der Waals surface area contributed by atoms with Crippen LogP contribution in [0.4, 0.5) is 10.7 Å². The predicted octanol–water partition coefficient (Wildman–Crippen LogP) is 6.38. The highest BCUT2D eigenvalue weighted by molar-refractivity contribution is 7.73. The van der Waals surface area contributed by atoms with Gasteiger partial charge in [-0.1, -0.05) is 46.1 Å². The van der Waals surface area contributed by atoms with E-state index < -0.39 is 0 Å². The third-order valence-corrected chi connectivity index (χ3v) is 4.51. The molecule has 106 valence electrons. The molecule has 1 aromatic heterocycles. The molecule has 1 aromatic carbocycles. The molecular weight excluding hydrogens is 361 g/mol. The van der Waals surface area contributed by atoms with Crippen molar-refractivity contribution in [3.63, 3.8) is 0 Å². The highest BCUT2D eigenvalue weighted by atomic mass is 35.5. The Bertz CT molecular complexity index is 716. The van der Waals surface area contributed by atoms with E-state index in [2.05, 4.69) is 10.2 Å². The number of aromatic nitrogens is 1. The van der Waals surface area contributed by atoms with E-state index in [4.69, 9.17) is 47.0 Å². The first kappa shape index (κ1) is 15.7. The van der Waals surface area contributed by atoms with Crippen LogP contribution in [0.1, 0.15) is 6.92 Å². The summed E-state index contributed by atoms with van der Waals surface area (Å²) in [5.74, 6) is -0.0209. The molecule has 0 aliphatic carbocycles. The standard InChI is InChI=1S/C11H8Cl3N3OS2/c1-2-17-10(18)9(20-11(17)19)16-15-8-6(13)3-5(12)4-7(8)14/h3-4,18H,2H2,1H3. The molecule has 0 amide bonds. The molecule has 9 heteroatoms. The SMILES string of the molecule is CCn1c(O)c(N=Nc2c(Cl)cc(Cl)cc2Cl)sc1=S. The Hall–Kier alpha value is -0.660. The van der Waals surface area contributed by atoms with Crippen molar-refractivity contribution in [2.75, 3.05) is 0 Å². The molecule has 0 saturated carbocycles. The largest absolute Gasteiger partial charge is 0.492 e. The van der Waals surface area contributed by atoms with Gasteiger partial charge in [-0.25, -0.2) is 0 Å². The van der Waals surface area contributed by atoms with Gasteiger partial charge in [-0.3, -0.25) is 4.57 Å². The smallest absolute Gasteiger partial charge is 0.232 e. The van der Waals surface area contributed by atoms with E-state index in [-0.39, 0.29) is 15.9 Å². The fourth-order valence-corrected chi connectivity index (χ4v) is 3.57. The maximum absolute atomic E-state index is 9.94. The minimum atomic E-state index is -0.0209. The van der Waals surface area contributed by atoms with E-state index in [9.17, 15) is 5.11 Å². The lowest BCUT2D eigenvalue weighted by molar-refractivity contribution is 0.421. The molecular formula is C11H8Cl3N3OS2. The van der Waals surface area contributed by atoms with Crippen molar-refractivity contribution in [2.24, 2.45) is 10.2 Å². The number of thiazole rings is 1. The second-order valence-electron chi connectivity index (χ2n) is 3.66. The van der Waals surface area contributed by atoms with Crippen molar-refractivity contribution < 1.29 is 5.11 Å². The molecule has 20 heavy (non-hydrogen) atoms. The summed E-state index contributed by atoms with van der Waals surface area (Å²) >= 11 is 24.1. The number of aromatic hydroxyl groups is 1. The zero-order valence-electron chi connectivity index (χ0n) is 10.1. The van der Waals surface area contributed by atoms with Crippen LogP contribution in [0.25, 0.3) is 0 Å². The third-order valence-electron chi connectivity index (χ3n) is 2.39. The average Bonchev–Trinajstić information content (AvgIpc) is 2.62. The highest BCUT2D eigenvalue weighted by Crippen LogP contribution is 2.39. The predicted molar refractivity (Wildman–Crippen MR) is 86.1 cm³/mol. The fraction of sp³-hybridized carbons (Fsp3) is 0.182. The Morgan fingerprint density at radius 2 is 1.85 bits per heavy atom. The van der Waals surface area contributed by atoms with Crippen molar-refractivity contribution in [3.8, 4) is 5.88 Å². The summed E-state index contributed by atoms with van der Waals surface area (Å²) in [7, 11) is 0. The summed E-state index contributed by atoms with van der Waals surface area (Å²) in [5.41, 5.74) is 0.291. The van der Waals surface area contributed by atoms with Gasteiger partial charge in [0.15, 0.2) is 3.95 Å². The molecule has 0 atom stereocenters. The molecule has 2 aromatic rings. The van der Waals surface area contributed by atoms with Gasteiger partial charge in [0.25, 0.3) is 0 Å². The first-order chi connectivity index (χ1) is 9.43. The van der Waals surface area contributed by atoms with Gasteiger partial charge < -0.3 is 5.11 Å². The van der Waals surface area contributed by atoms with Crippen LogP contribution >= 0.6 is 58.4 Å². The number of halogens is 3. The molecule has 1 heterocycles. The van der Waals surface area contributed by atoms with Crippen molar-refractivity contribution in [1.29, 1.82) is 0 Å². The molecule has 4 nitrogen and oxygen atoms in total. The highest BCUT2D eigenvalue weighted by Gasteiger charge is 2.11. The van der Waals surface area contributed by atoms with Crippen LogP contribution in [0.15, 0.2) is 22.4 Å². The fourth-order valence-electron chi connectivity index (χ4n) is 1.45. The number of benzene rings is 1. The van der Waals surface area contributed by atoms with E-state index in [1.54, 1.807) is 4.57 Å². The van der Waals surface area contributed by atoms with Gasteiger partial charge in [0, 0.05) is 11.6 Å². The normalized spacial score (nSPS) is 11.4. The van der Waals surface area contributed by atoms with E-state index in [0.717, 1.165) is 11.3 Å².